The van der Waals surface area contributed by atoms with Gasteiger partial charge in [-0.15, -0.1) is 0 Å². The van der Waals surface area contributed by atoms with Gasteiger partial charge < -0.3 is 10.1 Å². The van der Waals surface area contributed by atoms with E-state index in [0.717, 1.165) is 19.4 Å². The van der Waals surface area contributed by atoms with Crippen molar-refractivity contribution >= 4 is 5.78 Å². The van der Waals surface area contributed by atoms with Crippen molar-refractivity contribution in [3.63, 3.8) is 0 Å². The minimum absolute atomic E-state index is 0.0430. The average Bonchev–Trinajstić information content (AvgIpc) is 2.83. The first-order valence-corrected chi connectivity index (χ1v) is 6.31. The number of hydrogen-bond acceptors (Lipinski definition) is 3. The van der Waals surface area contributed by atoms with Crippen molar-refractivity contribution in [1.29, 1.82) is 0 Å². The lowest BCUT2D eigenvalue weighted by Gasteiger charge is -2.16. The summed E-state index contributed by atoms with van der Waals surface area (Å²) in [6, 6.07) is 3.90. The molecule has 1 unspecified atom stereocenters. The molecule has 0 amide bonds. The Hall–Kier alpha value is -1.42. The molecule has 0 spiro atoms. The van der Waals surface area contributed by atoms with Gasteiger partial charge in [0, 0.05) is 0 Å². The summed E-state index contributed by atoms with van der Waals surface area (Å²) in [6.07, 6.45) is 1.74. The van der Waals surface area contributed by atoms with Crippen molar-refractivity contribution in [3.05, 3.63) is 29.6 Å². The van der Waals surface area contributed by atoms with E-state index in [9.17, 15) is 9.18 Å². The lowest BCUT2D eigenvalue weighted by Crippen LogP contribution is -2.31. The van der Waals surface area contributed by atoms with E-state index in [1.165, 1.54) is 18.2 Å². The Morgan fingerprint density at radius 3 is 2.89 bits per heavy atom. The molecule has 3 nitrogen and oxygen atoms in total. The second-order valence-electron chi connectivity index (χ2n) is 4.82. The molecule has 1 aliphatic rings. The van der Waals surface area contributed by atoms with Gasteiger partial charge in [-0.2, -0.15) is 0 Å². The van der Waals surface area contributed by atoms with Gasteiger partial charge in [0.2, 0.25) is 0 Å². The lowest BCUT2D eigenvalue weighted by molar-refractivity contribution is 0.0946. The van der Waals surface area contributed by atoms with Crippen LogP contribution in [0.3, 0.4) is 0 Å². The van der Waals surface area contributed by atoms with Gasteiger partial charge in [0.1, 0.15) is 11.6 Å². The summed E-state index contributed by atoms with van der Waals surface area (Å²) in [6.45, 7) is 4.60. The topological polar surface area (TPSA) is 38.3 Å². The van der Waals surface area contributed by atoms with Gasteiger partial charge >= 0.3 is 0 Å². The highest BCUT2D eigenvalue weighted by Crippen LogP contribution is 2.24. The van der Waals surface area contributed by atoms with Gasteiger partial charge in [0.25, 0.3) is 0 Å². The summed E-state index contributed by atoms with van der Waals surface area (Å²) in [5, 5.41) is 3.13. The first-order chi connectivity index (χ1) is 8.58. The normalized spacial score (nSPS) is 19.2. The number of Topliss-reactive ketones (excluding diaryl/α,β-unsaturated/α-hetero) is 1. The Morgan fingerprint density at radius 1 is 1.50 bits per heavy atom. The Morgan fingerprint density at radius 2 is 2.28 bits per heavy atom. The fraction of sp³-hybridized carbons (Fsp3) is 0.500. The van der Waals surface area contributed by atoms with E-state index in [1.54, 1.807) is 0 Å². The molecule has 4 heteroatoms. The van der Waals surface area contributed by atoms with E-state index in [0.29, 0.717) is 11.3 Å². The molecule has 18 heavy (non-hydrogen) atoms. The Kier molecular flexibility index (Phi) is 3.97. The van der Waals surface area contributed by atoms with E-state index in [1.807, 2.05) is 13.8 Å². The molecule has 1 N–H and O–H groups in total. The van der Waals surface area contributed by atoms with Gasteiger partial charge in [-0.25, -0.2) is 4.39 Å². The highest BCUT2D eigenvalue weighted by atomic mass is 19.1. The predicted octanol–water partition coefficient (Wildman–Crippen LogP) is 2.55. The summed E-state index contributed by atoms with van der Waals surface area (Å²) in [4.78, 5) is 12.3. The fourth-order valence-electron chi connectivity index (χ4n) is 2.15. The third-order valence-electron chi connectivity index (χ3n) is 2.95. The summed E-state index contributed by atoms with van der Waals surface area (Å²) < 4.78 is 18.9. The molecule has 0 saturated carbocycles. The molecule has 0 aliphatic carbocycles. The minimum atomic E-state index is -0.410. The fourth-order valence-corrected chi connectivity index (χ4v) is 2.15. The highest BCUT2D eigenvalue weighted by molar-refractivity contribution is 6.02. The summed E-state index contributed by atoms with van der Waals surface area (Å²) >= 11 is 0. The second kappa shape index (κ2) is 5.48. The smallest absolute Gasteiger partial charge is 0.183 e. The molecule has 0 aromatic heterocycles. The molecule has 1 aliphatic heterocycles. The third kappa shape index (κ3) is 2.88. The maximum absolute atomic E-state index is 13.3. The van der Waals surface area contributed by atoms with E-state index in [4.69, 9.17) is 4.74 Å². The molecule has 0 bridgehead atoms. The van der Waals surface area contributed by atoms with Crippen LogP contribution in [0.25, 0.3) is 0 Å². The van der Waals surface area contributed by atoms with Gasteiger partial charge in [0.15, 0.2) is 5.78 Å². The number of carbonyl (C=O) groups is 1. The molecule has 2 rings (SSSR count). The van der Waals surface area contributed by atoms with Crippen molar-refractivity contribution in [3.8, 4) is 5.75 Å². The summed E-state index contributed by atoms with van der Waals surface area (Å²) in [5.74, 6) is -0.0276. The van der Waals surface area contributed by atoms with Crippen LogP contribution in [0.5, 0.6) is 5.75 Å². The molecule has 1 heterocycles. The van der Waals surface area contributed by atoms with E-state index >= 15 is 0 Å². The summed E-state index contributed by atoms with van der Waals surface area (Å²) in [5.41, 5.74) is 0.336. The Bertz CT molecular complexity index is 439. The summed E-state index contributed by atoms with van der Waals surface area (Å²) in [7, 11) is 0. The Labute approximate surface area is 106 Å². The maximum atomic E-state index is 13.3. The molecule has 98 valence electrons. The van der Waals surface area contributed by atoms with Crippen molar-refractivity contribution < 1.29 is 13.9 Å². The standard InChI is InChI=1S/C14H18FNO2/c1-9(2)18-13-6-5-10(15)8-11(13)14(17)12-4-3-7-16-12/h5-6,8-9,12,16H,3-4,7H2,1-2H3. The van der Waals surface area contributed by atoms with Crippen LogP contribution in [0.2, 0.25) is 0 Å². The van der Waals surface area contributed by atoms with Gasteiger partial charge in [-0.1, -0.05) is 0 Å². The van der Waals surface area contributed by atoms with E-state index < -0.39 is 5.82 Å². The van der Waals surface area contributed by atoms with Crippen LogP contribution in [0, 0.1) is 5.82 Å². The number of carbonyl (C=O) groups excluding carboxylic acids is 1. The largest absolute Gasteiger partial charge is 0.490 e. The van der Waals surface area contributed by atoms with Gasteiger partial charge in [-0.3, -0.25) is 4.79 Å². The molecule has 1 aromatic carbocycles. The SMILES string of the molecule is CC(C)Oc1ccc(F)cc1C(=O)C1CCCN1. The number of benzene rings is 1. The maximum Gasteiger partial charge on any atom is 0.183 e. The predicted molar refractivity (Wildman–Crippen MR) is 67.5 cm³/mol. The van der Waals surface area contributed by atoms with Crippen molar-refractivity contribution in [2.75, 3.05) is 6.54 Å². The van der Waals surface area contributed by atoms with Gasteiger partial charge in [0.05, 0.1) is 17.7 Å². The zero-order valence-corrected chi connectivity index (χ0v) is 10.7. The molecule has 1 fully saturated rings. The van der Waals surface area contributed by atoms with Crippen LogP contribution >= 0.6 is 0 Å². The number of ether oxygens (including phenoxy) is 1. The zero-order chi connectivity index (χ0) is 13.1. The van der Waals surface area contributed by atoms with Crippen molar-refractivity contribution in [2.24, 2.45) is 0 Å². The van der Waals surface area contributed by atoms with Crippen LogP contribution in [0.15, 0.2) is 18.2 Å². The number of nitrogens with one attached hydrogen (secondary N) is 1. The van der Waals surface area contributed by atoms with Crippen LogP contribution in [0.4, 0.5) is 4.39 Å². The molecule has 1 saturated heterocycles. The van der Waals surface area contributed by atoms with Crippen molar-refractivity contribution in [2.45, 2.75) is 38.8 Å². The van der Waals surface area contributed by atoms with E-state index in [2.05, 4.69) is 5.32 Å². The third-order valence-corrected chi connectivity index (χ3v) is 2.95. The zero-order valence-electron chi connectivity index (χ0n) is 10.7. The molecule has 1 atom stereocenters. The van der Waals surface area contributed by atoms with Crippen LogP contribution in [-0.2, 0) is 0 Å². The molecular weight excluding hydrogens is 233 g/mol. The number of hydrogen-bond donors (Lipinski definition) is 1. The van der Waals surface area contributed by atoms with Crippen molar-refractivity contribution in [1.82, 2.24) is 5.32 Å². The monoisotopic (exact) mass is 251 g/mol. The quantitative estimate of drug-likeness (QED) is 0.836. The average molecular weight is 251 g/mol. The second-order valence-corrected chi connectivity index (χ2v) is 4.82. The van der Waals surface area contributed by atoms with Crippen LogP contribution in [-0.4, -0.2) is 24.5 Å². The minimum Gasteiger partial charge on any atom is -0.490 e. The van der Waals surface area contributed by atoms with Gasteiger partial charge in [-0.05, 0) is 51.4 Å². The number of halogens is 1. The van der Waals surface area contributed by atoms with E-state index in [-0.39, 0.29) is 17.9 Å². The first-order valence-electron chi connectivity index (χ1n) is 6.31. The Balaban J connectivity index is 2.28. The molecule has 0 radical (unpaired) electrons. The van der Waals surface area contributed by atoms with Crippen LogP contribution in [0.1, 0.15) is 37.0 Å². The molecule has 1 aromatic rings. The first kappa shape index (κ1) is 13.0. The lowest BCUT2D eigenvalue weighted by atomic mass is 10.0. The highest BCUT2D eigenvalue weighted by Gasteiger charge is 2.26. The number of rotatable bonds is 4. The number of ketones is 1. The van der Waals surface area contributed by atoms with Crippen LogP contribution < -0.4 is 10.1 Å². The molecular formula is C14H18FNO2.